The molecule has 3 heterocycles. The molecular weight excluding hydrogens is 328 g/mol. The molecule has 0 aliphatic carbocycles. The highest BCUT2D eigenvalue weighted by atomic mass is 16.5. The van der Waals surface area contributed by atoms with Gasteiger partial charge in [0.1, 0.15) is 5.60 Å². The van der Waals surface area contributed by atoms with Crippen LogP contribution in [0.2, 0.25) is 0 Å². The van der Waals surface area contributed by atoms with Crippen molar-refractivity contribution < 1.29 is 14.3 Å². The Morgan fingerprint density at radius 3 is 2.69 bits per heavy atom. The van der Waals surface area contributed by atoms with Gasteiger partial charge in [0.2, 0.25) is 5.91 Å². The van der Waals surface area contributed by atoms with Crippen LogP contribution >= 0.6 is 0 Å². The Hall–Kier alpha value is -1.43. The summed E-state index contributed by atoms with van der Waals surface area (Å²) in [5.74, 6) is 0.847. The zero-order chi connectivity index (χ0) is 18.0. The van der Waals surface area contributed by atoms with E-state index in [-0.39, 0.29) is 11.5 Å². The van der Waals surface area contributed by atoms with Crippen molar-refractivity contribution in [2.75, 3.05) is 52.5 Å². The topological polar surface area (TPSA) is 42.0 Å². The fourth-order valence-electron chi connectivity index (χ4n) is 4.37. The molecule has 5 nitrogen and oxygen atoms in total. The lowest BCUT2D eigenvalue weighted by Crippen LogP contribution is -2.66. The first kappa shape index (κ1) is 18.0. The Morgan fingerprint density at radius 2 is 2.00 bits per heavy atom. The van der Waals surface area contributed by atoms with E-state index in [1.54, 1.807) is 0 Å². The van der Waals surface area contributed by atoms with E-state index in [1.165, 1.54) is 12.0 Å². The summed E-state index contributed by atoms with van der Waals surface area (Å²) >= 11 is 0. The Morgan fingerprint density at radius 1 is 1.23 bits per heavy atom. The molecule has 1 spiro atoms. The summed E-state index contributed by atoms with van der Waals surface area (Å²) in [4.78, 5) is 17.0. The van der Waals surface area contributed by atoms with Gasteiger partial charge in [-0.05, 0) is 36.8 Å². The number of hydrogen-bond acceptors (Lipinski definition) is 4. The van der Waals surface area contributed by atoms with E-state index in [2.05, 4.69) is 24.0 Å². The highest BCUT2D eigenvalue weighted by Gasteiger charge is 2.48. The van der Waals surface area contributed by atoms with Crippen LogP contribution in [0.5, 0.6) is 0 Å². The minimum atomic E-state index is -0.0666. The van der Waals surface area contributed by atoms with E-state index in [1.807, 2.05) is 17.0 Å². The molecule has 0 unspecified atom stereocenters. The molecule has 3 aliphatic rings. The van der Waals surface area contributed by atoms with Crippen molar-refractivity contribution in [3.8, 4) is 0 Å². The molecule has 1 atom stereocenters. The van der Waals surface area contributed by atoms with Crippen molar-refractivity contribution >= 4 is 5.91 Å². The molecule has 142 valence electrons. The van der Waals surface area contributed by atoms with Gasteiger partial charge in [-0.2, -0.15) is 0 Å². The van der Waals surface area contributed by atoms with Gasteiger partial charge >= 0.3 is 0 Å². The van der Waals surface area contributed by atoms with Gasteiger partial charge < -0.3 is 14.4 Å². The van der Waals surface area contributed by atoms with E-state index < -0.39 is 0 Å². The smallest absolute Gasteiger partial charge is 0.227 e. The molecule has 3 aliphatic heterocycles. The average molecular weight is 358 g/mol. The molecule has 0 radical (unpaired) electrons. The number of ether oxygens (including phenoxy) is 2. The summed E-state index contributed by atoms with van der Waals surface area (Å²) in [7, 11) is 0. The van der Waals surface area contributed by atoms with E-state index in [4.69, 9.17) is 9.47 Å². The molecule has 0 aromatic heterocycles. The summed E-state index contributed by atoms with van der Waals surface area (Å²) in [5.41, 5.74) is 2.26. The number of nitrogens with zero attached hydrogens (tertiary/aromatic N) is 2. The van der Waals surface area contributed by atoms with Crippen LogP contribution in [0, 0.1) is 12.8 Å². The Labute approximate surface area is 156 Å². The van der Waals surface area contributed by atoms with Gasteiger partial charge in [-0.3, -0.25) is 9.69 Å². The zero-order valence-corrected chi connectivity index (χ0v) is 15.8. The maximum Gasteiger partial charge on any atom is 0.227 e. The molecule has 4 rings (SSSR count). The van der Waals surface area contributed by atoms with Crippen molar-refractivity contribution in [2.24, 2.45) is 5.92 Å². The molecule has 5 heteroatoms. The molecule has 1 aromatic rings. The van der Waals surface area contributed by atoms with Crippen molar-refractivity contribution in [3.63, 3.8) is 0 Å². The third kappa shape index (κ3) is 3.95. The minimum absolute atomic E-state index is 0.0666. The third-order valence-corrected chi connectivity index (χ3v) is 6.17. The minimum Gasteiger partial charge on any atom is -0.379 e. The monoisotopic (exact) mass is 358 g/mol. The molecule has 3 fully saturated rings. The number of likely N-dealkylation sites (tertiary alicyclic amines) is 1. The van der Waals surface area contributed by atoms with Gasteiger partial charge in [0, 0.05) is 19.6 Å². The van der Waals surface area contributed by atoms with Crippen LogP contribution in [0.4, 0.5) is 0 Å². The van der Waals surface area contributed by atoms with Crippen LogP contribution in [-0.2, 0) is 20.7 Å². The van der Waals surface area contributed by atoms with Crippen LogP contribution in [0.1, 0.15) is 24.0 Å². The maximum atomic E-state index is 12.6. The normalized spacial score (nSPS) is 25.9. The number of benzene rings is 1. The summed E-state index contributed by atoms with van der Waals surface area (Å²) in [5, 5.41) is 0. The Bertz CT molecular complexity index is 626. The number of hydrogen-bond donors (Lipinski definition) is 0. The molecule has 0 bridgehead atoms. The predicted octanol–water partition coefficient (Wildman–Crippen LogP) is 1.88. The number of rotatable bonds is 4. The summed E-state index contributed by atoms with van der Waals surface area (Å²) < 4.78 is 11.7. The van der Waals surface area contributed by atoms with Gasteiger partial charge in [0.05, 0.1) is 39.3 Å². The van der Waals surface area contributed by atoms with Gasteiger partial charge in [-0.15, -0.1) is 0 Å². The molecule has 1 amide bonds. The van der Waals surface area contributed by atoms with Crippen LogP contribution < -0.4 is 0 Å². The highest BCUT2D eigenvalue weighted by Crippen LogP contribution is 2.36. The Balaban J connectivity index is 1.22. The van der Waals surface area contributed by atoms with Crippen molar-refractivity contribution in [2.45, 2.75) is 31.8 Å². The van der Waals surface area contributed by atoms with Gasteiger partial charge in [-0.25, -0.2) is 0 Å². The van der Waals surface area contributed by atoms with Crippen LogP contribution in [-0.4, -0.2) is 73.9 Å². The summed E-state index contributed by atoms with van der Waals surface area (Å²) in [6.07, 6.45) is 2.79. The number of carbonyl (C=O) groups is 1. The first-order valence-corrected chi connectivity index (χ1v) is 9.90. The standard InChI is InChI=1S/C21H30N2O3/c1-17-4-2-3-5-19(17)12-20(24)23-15-21(16-23)7-6-18(14-26-21)13-22-8-10-25-11-9-22/h2-5,18H,6-16H2,1H3/t18-/m1/s1. The lowest BCUT2D eigenvalue weighted by Gasteiger charge is -2.53. The van der Waals surface area contributed by atoms with Crippen molar-refractivity contribution in [1.29, 1.82) is 0 Å². The largest absolute Gasteiger partial charge is 0.379 e. The van der Waals surface area contributed by atoms with Crippen LogP contribution in [0.3, 0.4) is 0 Å². The second-order valence-electron chi connectivity index (χ2n) is 8.16. The first-order chi connectivity index (χ1) is 12.6. The highest BCUT2D eigenvalue weighted by molar-refractivity contribution is 5.80. The molecule has 3 saturated heterocycles. The fourth-order valence-corrected chi connectivity index (χ4v) is 4.37. The van der Waals surface area contributed by atoms with E-state index in [9.17, 15) is 4.79 Å². The first-order valence-electron chi connectivity index (χ1n) is 9.90. The number of amides is 1. The predicted molar refractivity (Wildman–Crippen MR) is 100 cm³/mol. The Kier molecular flexibility index (Phi) is 5.30. The van der Waals surface area contributed by atoms with Crippen LogP contribution in [0.25, 0.3) is 0 Å². The van der Waals surface area contributed by atoms with Gasteiger partial charge in [-0.1, -0.05) is 24.3 Å². The summed E-state index contributed by atoms with van der Waals surface area (Å²) in [6.45, 7) is 9.35. The SMILES string of the molecule is Cc1ccccc1CC(=O)N1CC2(CC[C@H](CN3CCOCC3)CO2)C1. The average Bonchev–Trinajstić information content (AvgIpc) is 2.63. The lowest BCUT2D eigenvalue weighted by molar-refractivity contribution is -0.189. The third-order valence-electron chi connectivity index (χ3n) is 6.17. The number of morpholine rings is 1. The summed E-state index contributed by atoms with van der Waals surface area (Å²) in [6, 6.07) is 8.15. The molecule has 1 aromatic carbocycles. The van der Waals surface area contributed by atoms with Crippen LogP contribution in [0.15, 0.2) is 24.3 Å². The second-order valence-corrected chi connectivity index (χ2v) is 8.16. The number of aryl methyl sites for hydroxylation is 1. The molecule has 0 saturated carbocycles. The van der Waals surface area contributed by atoms with E-state index in [0.717, 1.165) is 64.5 Å². The fraction of sp³-hybridized carbons (Fsp3) is 0.667. The molecular formula is C21H30N2O3. The van der Waals surface area contributed by atoms with Gasteiger partial charge in [0.25, 0.3) is 0 Å². The second kappa shape index (κ2) is 7.67. The van der Waals surface area contributed by atoms with E-state index in [0.29, 0.717) is 12.3 Å². The number of carbonyl (C=O) groups excluding carboxylic acids is 1. The molecule has 0 N–H and O–H groups in total. The quantitative estimate of drug-likeness (QED) is 0.824. The zero-order valence-electron chi connectivity index (χ0n) is 15.8. The van der Waals surface area contributed by atoms with Gasteiger partial charge in [0.15, 0.2) is 0 Å². The van der Waals surface area contributed by atoms with Crippen molar-refractivity contribution in [3.05, 3.63) is 35.4 Å². The van der Waals surface area contributed by atoms with Crippen molar-refractivity contribution in [1.82, 2.24) is 9.80 Å². The maximum absolute atomic E-state index is 12.6. The van der Waals surface area contributed by atoms with E-state index >= 15 is 0 Å². The molecule has 26 heavy (non-hydrogen) atoms. The lowest BCUT2D eigenvalue weighted by atomic mass is 9.82.